The van der Waals surface area contributed by atoms with Crippen LogP contribution in [0.4, 0.5) is 0 Å². The summed E-state index contributed by atoms with van der Waals surface area (Å²) in [6.07, 6.45) is 13.0. The van der Waals surface area contributed by atoms with Gasteiger partial charge in [-0.2, -0.15) is 0 Å². The van der Waals surface area contributed by atoms with Crippen molar-refractivity contribution in [2.45, 2.75) is 51.9 Å². The molecule has 0 rings (SSSR count). The van der Waals surface area contributed by atoms with Gasteiger partial charge in [-0.1, -0.05) is 38.3 Å². The summed E-state index contributed by atoms with van der Waals surface area (Å²) in [5.74, 6) is 0. The third-order valence-electron chi connectivity index (χ3n) is 1.93. The lowest BCUT2D eigenvalue weighted by molar-refractivity contribution is 0.282. The number of hydrogen-bond donors (Lipinski definition) is 1. The van der Waals surface area contributed by atoms with Gasteiger partial charge in [0.05, 0.1) is 0 Å². The largest absolute Gasteiger partial charge is 0.396 e. The minimum atomic E-state index is 0.357. The van der Waals surface area contributed by atoms with Crippen molar-refractivity contribution in [3.63, 3.8) is 0 Å². The van der Waals surface area contributed by atoms with Crippen LogP contribution in [-0.2, 0) is 0 Å². The maximum Gasteiger partial charge on any atom is 0.0431 e. The SMILES string of the molecule is CCC=CCCCCCCCO. The monoisotopic (exact) mass is 170 g/mol. The minimum absolute atomic E-state index is 0.357. The summed E-state index contributed by atoms with van der Waals surface area (Å²) in [7, 11) is 0. The van der Waals surface area contributed by atoms with E-state index in [1.807, 2.05) is 0 Å². The topological polar surface area (TPSA) is 20.2 Å². The first-order valence-electron chi connectivity index (χ1n) is 5.17. The Morgan fingerprint density at radius 3 is 2.25 bits per heavy atom. The zero-order valence-corrected chi connectivity index (χ0v) is 8.26. The molecule has 0 saturated carbocycles. The van der Waals surface area contributed by atoms with Crippen molar-refractivity contribution in [1.82, 2.24) is 0 Å². The molecule has 0 aromatic carbocycles. The van der Waals surface area contributed by atoms with Gasteiger partial charge in [0.25, 0.3) is 0 Å². The van der Waals surface area contributed by atoms with Crippen LogP contribution >= 0.6 is 0 Å². The van der Waals surface area contributed by atoms with Crippen molar-refractivity contribution in [3.05, 3.63) is 12.2 Å². The van der Waals surface area contributed by atoms with Crippen LogP contribution in [0.15, 0.2) is 12.2 Å². The maximum absolute atomic E-state index is 8.53. The van der Waals surface area contributed by atoms with Crippen LogP contribution in [0.5, 0.6) is 0 Å². The normalized spacial score (nSPS) is 11.2. The van der Waals surface area contributed by atoms with E-state index in [9.17, 15) is 0 Å². The van der Waals surface area contributed by atoms with Gasteiger partial charge in [0.1, 0.15) is 0 Å². The first-order chi connectivity index (χ1) is 5.91. The molecular weight excluding hydrogens is 148 g/mol. The van der Waals surface area contributed by atoms with Gasteiger partial charge in [0.2, 0.25) is 0 Å². The molecule has 12 heavy (non-hydrogen) atoms. The summed E-state index contributed by atoms with van der Waals surface area (Å²) in [6.45, 7) is 2.52. The molecule has 1 N–H and O–H groups in total. The van der Waals surface area contributed by atoms with Crippen molar-refractivity contribution < 1.29 is 5.11 Å². The Morgan fingerprint density at radius 2 is 1.58 bits per heavy atom. The molecule has 1 heteroatoms. The van der Waals surface area contributed by atoms with Crippen LogP contribution < -0.4 is 0 Å². The highest BCUT2D eigenvalue weighted by atomic mass is 16.2. The molecule has 72 valence electrons. The highest BCUT2D eigenvalue weighted by Gasteiger charge is 1.87. The van der Waals surface area contributed by atoms with E-state index in [0.29, 0.717) is 6.61 Å². The molecule has 0 atom stereocenters. The Balaban J connectivity index is 2.86. The molecule has 0 saturated heterocycles. The number of allylic oxidation sites excluding steroid dienone is 2. The fraction of sp³-hybridized carbons (Fsp3) is 0.818. The van der Waals surface area contributed by atoms with E-state index in [0.717, 1.165) is 12.8 Å². The van der Waals surface area contributed by atoms with Crippen molar-refractivity contribution in [1.29, 1.82) is 0 Å². The van der Waals surface area contributed by atoms with E-state index in [1.54, 1.807) is 0 Å². The summed E-state index contributed by atoms with van der Waals surface area (Å²) in [5.41, 5.74) is 0. The fourth-order valence-corrected chi connectivity index (χ4v) is 1.19. The summed E-state index contributed by atoms with van der Waals surface area (Å²) in [6, 6.07) is 0. The quantitative estimate of drug-likeness (QED) is 0.438. The van der Waals surface area contributed by atoms with Gasteiger partial charge in [-0.15, -0.1) is 0 Å². The highest BCUT2D eigenvalue weighted by molar-refractivity contribution is 4.79. The second kappa shape index (κ2) is 10.7. The van der Waals surface area contributed by atoms with Gasteiger partial charge in [0.15, 0.2) is 0 Å². The summed E-state index contributed by atoms with van der Waals surface area (Å²) < 4.78 is 0. The number of hydrogen-bond acceptors (Lipinski definition) is 1. The molecule has 1 nitrogen and oxygen atoms in total. The third-order valence-corrected chi connectivity index (χ3v) is 1.93. The Morgan fingerprint density at radius 1 is 0.917 bits per heavy atom. The van der Waals surface area contributed by atoms with Gasteiger partial charge in [-0.05, 0) is 25.7 Å². The van der Waals surface area contributed by atoms with Crippen LogP contribution in [-0.4, -0.2) is 11.7 Å². The molecular formula is C11H22O. The molecule has 0 aromatic heterocycles. The van der Waals surface area contributed by atoms with Crippen LogP contribution in [0.1, 0.15) is 51.9 Å². The van der Waals surface area contributed by atoms with E-state index in [2.05, 4.69) is 19.1 Å². The second-order valence-corrected chi connectivity index (χ2v) is 3.16. The van der Waals surface area contributed by atoms with Crippen molar-refractivity contribution >= 4 is 0 Å². The number of unbranched alkanes of at least 4 members (excludes halogenated alkanes) is 5. The third kappa shape index (κ3) is 9.70. The van der Waals surface area contributed by atoms with E-state index in [-0.39, 0.29) is 0 Å². The molecule has 0 bridgehead atoms. The van der Waals surface area contributed by atoms with Gasteiger partial charge in [0, 0.05) is 6.61 Å². The van der Waals surface area contributed by atoms with Crippen molar-refractivity contribution in [2.24, 2.45) is 0 Å². The maximum atomic E-state index is 8.53. The minimum Gasteiger partial charge on any atom is -0.396 e. The second-order valence-electron chi connectivity index (χ2n) is 3.16. The highest BCUT2D eigenvalue weighted by Crippen LogP contribution is 2.05. The molecule has 0 spiro atoms. The Labute approximate surface area is 76.5 Å². The van der Waals surface area contributed by atoms with Crippen LogP contribution in [0.25, 0.3) is 0 Å². The molecule has 0 aromatic rings. The predicted octanol–water partition coefficient (Wildman–Crippen LogP) is 3.29. The zero-order chi connectivity index (χ0) is 9.07. The smallest absolute Gasteiger partial charge is 0.0431 e. The van der Waals surface area contributed by atoms with Crippen molar-refractivity contribution in [3.8, 4) is 0 Å². The summed E-state index contributed by atoms with van der Waals surface area (Å²) in [5, 5.41) is 8.53. The average molecular weight is 170 g/mol. The molecule has 0 aliphatic carbocycles. The fourth-order valence-electron chi connectivity index (χ4n) is 1.19. The lowest BCUT2D eigenvalue weighted by atomic mass is 10.1. The first-order valence-corrected chi connectivity index (χ1v) is 5.17. The Hall–Kier alpha value is -0.300. The number of aliphatic hydroxyl groups is 1. The van der Waals surface area contributed by atoms with Gasteiger partial charge in [-0.3, -0.25) is 0 Å². The number of aliphatic hydroxyl groups excluding tert-OH is 1. The molecule has 0 heterocycles. The van der Waals surface area contributed by atoms with E-state index >= 15 is 0 Å². The molecule has 0 fully saturated rings. The average Bonchev–Trinajstić information content (AvgIpc) is 2.10. The van der Waals surface area contributed by atoms with Gasteiger partial charge >= 0.3 is 0 Å². The molecule has 0 aliphatic heterocycles. The lowest BCUT2D eigenvalue weighted by Crippen LogP contribution is -1.82. The molecule has 0 aliphatic rings. The van der Waals surface area contributed by atoms with Crippen LogP contribution in [0.2, 0.25) is 0 Å². The first kappa shape index (κ1) is 11.7. The van der Waals surface area contributed by atoms with E-state index < -0.39 is 0 Å². The lowest BCUT2D eigenvalue weighted by Gasteiger charge is -1.96. The summed E-state index contributed by atoms with van der Waals surface area (Å²) in [4.78, 5) is 0. The van der Waals surface area contributed by atoms with Crippen LogP contribution in [0, 0.1) is 0 Å². The van der Waals surface area contributed by atoms with Gasteiger partial charge in [-0.25, -0.2) is 0 Å². The van der Waals surface area contributed by atoms with E-state index in [1.165, 1.54) is 32.1 Å². The predicted molar refractivity (Wildman–Crippen MR) is 54.2 cm³/mol. The number of rotatable bonds is 8. The Kier molecular flexibility index (Phi) is 10.4. The molecule has 0 unspecified atom stereocenters. The molecule has 0 radical (unpaired) electrons. The van der Waals surface area contributed by atoms with Crippen LogP contribution in [0.3, 0.4) is 0 Å². The van der Waals surface area contributed by atoms with Crippen molar-refractivity contribution in [2.75, 3.05) is 6.61 Å². The standard InChI is InChI=1S/C11H22O/c1-2-3-4-5-6-7-8-9-10-11-12/h3-4,12H,2,5-11H2,1H3. The Bertz CT molecular complexity index is 97.2. The van der Waals surface area contributed by atoms with Gasteiger partial charge < -0.3 is 5.11 Å². The molecule has 0 amide bonds. The van der Waals surface area contributed by atoms with E-state index in [4.69, 9.17) is 5.11 Å². The zero-order valence-electron chi connectivity index (χ0n) is 8.26. The summed E-state index contributed by atoms with van der Waals surface area (Å²) >= 11 is 0.